The summed E-state index contributed by atoms with van der Waals surface area (Å²) in [6.45, 7) is 3.72. The summed E-state index contributed by atoms with van der Waals surface area (Å²) in [6.07, 6.45) is 0.0311. The SMILES string of the molecule is CCOC(=O)[C@H](CS)NC(=O)CCn1nc([N+](=O)[O-])cc1C. The Morgan fingerprint density at radius 3 is 2.77 bits per heavy atom. The summed E-state index contributed by atoms with van der Waals surface area (Å²) >= 11 is 3.99. The van der Waals surface area contributed by atoms with Gasteiger partial charge in [-0.05, 0) is 18.8 Å². The Morgan fingerprint density at radius 2 is 2.27 bits per heavy atom. The van der Waals surface area contributed by atoms with E-state index < -0.39 is 16.9 Å². The number of nitro groups is 1. The first-order valence-electron chi connectivity index (χ1n) is 6.64. The van der Waals surface area contributed by atoms with Gasteiger partial charge in [0.15, 0.2) is 0 Å². The van der Waals surface area contributed by atoms with Gasteiger partial charge in [0.05, 0.1) is 30.0 Å². The number of carbonyl (C=O) groups is 2. The molecule has 1 heterocycles. The number of esters is 1. The van der Waals surface area contributed by atoms with Crippen molar-refractivity contribution in [3.63, 3.8) is 0 Å². The first kappa shape index (κ1) is 18.0. The Bertz CT molecular complexity index is 560. The molecule has 0 saturated carbocycles. The second kappa shape index (κ2) is 8.37. The van der Waals surface area contributed by atoms with Crippen molar-refractivity contribution >= 4 is 30.3 Å². The van der Waals surface area contributed by atoms with Crippen LogP contribution in [0.2, 0.25) is 0 Å². The number of hydrogen-bond donors (Lipinski definition) is 2. The average molecular weight is 330 g/mol. The maximum Gasteiger partial charge on any atom is 0.390 e. The van der Waals surface area contributed by atoms with Gasteiger partial charge in [-0.1, -0.05) is 0 Å². The first-order chi connectivity index (χ1) is 10.4. The fourth-order valence-electron chi connectivity index (χ4n) is 1.70. The lowest BCUT2D eigenvalue weighted by Gasteiger charge is -2.14. The standard InChI is InChI=1S/C12H18N4O5S/c1-3-21-12(18)9(7-22)13-11(17)4-5-15-8(2)6-10(14-15)16(19)20/h6,9,22H,3-5,7H2,1-2H3,(H,13,17)/t9-/m0/s1. The van der Waals surface area contributed by atoms with Crippen LogP contribution in [0.15, 0.2) is 6.07 Å². The van der Waals surface area contributed by atoms with E-state index in [9.17, 15) is 19.7 Å². The van der Waals surface area contributed by atoms with Crippen molar-refractivity contribution in [2.75, 3.05) is 12.4 Å². The lowest BCUT2D eigenvalue weighted by atomic mass is 10.3. The molecule has 22 heavy (non-hydrogen) atoms. The molecule has 9 nitrogen and oxygen atoms in total. The smallest absolute Gasteiger partial charge is 0.390 e. The molecule has 0 aliphatic rings. The molecule has 0 unspecified atom stereocenters. The van der Waals surface area contributed by atoms with E-state index in [1.54, 1.807) is 13.8 Å². The molecule has 1 atom stereocenters. The van der Waals surface area contributed by atoms with Crippen molar-refractivity contribution in [2.45, 2.75) is 32.9 Å². The van der Waals surface area contributed by atoms with Gasteiger partial charge in [0, 0.05) is 12.2 Å². The molecule has 0 aliphatic carbocycles. The lowest BCUT2D eigenvalue weighted by molar-refractivity contribution is -0.389. The molecule has 0 aromatic carbocycles. The van der Waals surface area contributed by atoms with E-state index in [1.807, 2.05) is 0 Å². The van der Waals surface area contributed by atoms with Gasteiger partial charge in [0.1, 0.15) is 6.04 Å². The van der Waals surface area contributed by atoms with Gasteiger partial charge in [0.2, 0.25) is 5.91 Å². The van der Waals surface area contributed by atoms with E-state index in [4.69, 9.17) is 4.74 Å². The minimum Gasteiger partial charge on any atom is -0.464 e. The maximum atomic E-state index is 11.8. The number of amides is 1. The van der Waals surface area contributed by atoms with Crippen molar-refractivity contribution in [3.05, 3.63) is 21.9 Å². The van der Waals surface area contributed by atoms with Crippen LogP contribution in [-0.2, 0) is 20.9 Å². The summed E-state index contributed by atoms with van der Waals surface area (Å²) in [5, 5.41) is 16.9. The van der Waals surface area contributed by atoms with Crippen molar-refractivity contribution in [2.24, 2.45) is 0 Å². The van der Waals surface area contributed by atoms with Crippen LogP contribution in [-0.4, -0.2) is 45.0 Å². The summed E-state index contributed by atoms with van der Waals surface area (Å²) in [6, 6.07) is 0.511. The van der Waals surface area contributed by atoms with Crippen LogP contribution >= 0.6 is 12.6 Å². The molecule has 1 rings (SSSR count). The zero-order valence-electron chi connectivity index (χ0n) is 12.3. The largest absolute Gasteiger partial charge is 0.464 e. The second-order valence-corrected chi connectivity index (χ2v) is 4.79. The summed E-state index contributed by atoms with van der Waals surface area (Å²) in [4.78, 5) is 33.4. The van der Waals surface area contributed by atoms with Crippen LogP contribution in [0.3, 0.4) is 0 Å². The van der Waals surface area contributed by atoms with Crippen LogP contribution in [0.5, 0.6) is 0 Å². The Kier molecular flexibility index (Phi) is 6.83. The minimum atomic E-state index is -0.816. The Morgan fingerprint density at radius 1 is 1.59 bits per heavy atom. The first-order valence-corrected chi connectivity index (χ1v) is 7.28. The third-order valence-corrected chi connectivity index (χ3v) is 3.16. The van der Waals surface area contributed by atoms with E-state index in [1.165, 1.54) is 10.7 Å². The number of nitrogens with zero attached hydrogens (tertiary/aromatic N) is 3. The molecule has 0 bridgehead atoms. The number of nitrogens with one attached hydrogen (secondary N) is 1. The summed E-state index contributed by atoms with van der Waals surface area (Å²) < 4.78 is 6.19. The number of rotatable bonds is 8. The van der Waals surface area contributed by atoms with E-state index >= 15 is 0 Å². The predicted octanol–water partition coefficient (Wildman–Crippen LogP) is 0.468. The number of thiol groups is 1. The van der Waals surface area contributed by atoms with Crippen LogP contribution < -0.4 is 5.32 Å². The number of hydrogen-bond acceptors (Lipinski definition) is 7. The number of aromatic nitrogens is 2. The molecule has 1 aromatic rings. The third-order valence-electron chi connectivity index (χ3n) is 2.79. The number of ether oxygens (including phenoxy) is 1. The zero-order chi connectivity index (χ0) is 16.7. The minimum absolute atomic E-state index is 0.0311. The monoisotopic (exact) mass is 330 g/mol. The van der Waals surface area contributed by atoms with E-state index in [2.05, 4.69) is 23.0 Å². The second-order valence-electron chi connectivity index (χ2n) is 4.43. The van der Waals surface area contributed by atoms with Crippen LogP contribution in [0.25, 0.3) is 0 Å². The van der Waals surface area contributed by atoms with Crippen LogP contribution in [0, 0.1) is 17.0 Å². The summed E-state index contributed by atoms with van der Waals surface area (Å²) in [5.41, 5.74) is 0.579. The van der Waals surface area contributed by atoms with E-state index in [0.29, 0.717) is 5.69 Å². The quantitative estimate of drug-likeness (QED) is 0.310. The highest BCUT2D eigenvalue weighted by molar-refractivity contribution is 7.80. The molecule has 1 aromatic heterocycles. The molecule has 0 radical (unpaired) electrons. The van der Waals surface area contributed by atoms with Gasteiger partial charge in [-0.3, -0.25) is 4.79 Å². The van der Waals surface area contributed by atoms with Crippen molar-refractivity contribution in [1.29, 1.82) is 0 Å². The average Bonchev–Trinajstić information content (AvgIpc) is 2.84. The third kappa shape index (κ3) is 5.02. The summed E-state index contributed by atoms with van der Waals surface area (Å²) in [5.74, 6) is -1.07. The highest BCUT2D eigenvalue weighted by atomic mass is 32.1. The molecule has 122 valence electrons. The molecular formula is C12H18N4O5S. The molecule has 0 aliphatic heterocycles. The van der Waals surface area contributed by atoms with Gasteiger partial charge < -0.3 is 20.2 Å². The topological polar surface area (TPSA) is 116 Å². The van der Waals surface area contributed by atoms with Crippen LogP contribution in [0.4, 0.5) is 5.82 Å². The van der Waals surface area contributed by atoms with Gasteiger partial charge in [0.25, 0.3) is 0 Å². The van der Waals surface area contributed by atoms with E-state index in [0.717, 1.165) is 0 Å². The van der Waals surface area contributed by atoms with Crippen molar-refractivity contribution in [1.82, 2.24) is 15.1 Å². The van der Waals surface area contributed by atoms with Gasteiger partial charge in [-0.25, -0.2) is 4.79 Å². The molecule has 10 heteroatoms. The van der Waals surface area contributed by atoms with Gasteiger partial charge in [-0.2, -0.15) is 17.3 Å². The number of carbonyl (C=O) groups excluding carboxylic acids is 2. The van der Waals surface area contributed by atoms with Crippen molar-refractivity contribution < 1.29 is 19.2 Å². The van der Waals surface area contributed by atoms with Crippen LogP contribution in [0.1, 0.15) is 19.0 Å². The highest BCUT2D eigenvalue weighted by Gasteiger charge is 2.21. The molecule has 1 N–H and O–H groups in total. The molecule has 1 amide bonds. The molecule has 0 fully saturated rings. The summed E-state index contributed by atoms with van der Waals surface area (Å²) in [7, 11) is 0. The van der Waals surface area contributed by atoms with E-state index in [-0.39, 0.29) is 37.1 Å². The molecule has 0 saturated heterocycles. The number of aryl methyl sites for hydroxylation is 2. The lowest BCUT2D eigenvalue weighted by Crippen LogP contribution is -2.43. The Hall–Kier alpha value is -2.10. The molecular weight excluding hydrogens is 312 g/mol. The normalized spacial score (nSPS) is 11.8. The van der Waals surface area contributed by atoms with Gasteiger partial charge >= 0.3 is 11.8 Å². The van der Waals surface area contributed by atoms with Gasteiger partial charge in [-0.15, -0.1) is 0 Å². The fourth-order valence-corrected chi connectivity index (χ4v) is 1.94. The Labute approximate surface area is 132 Å². The van der Waals surface area contributed by atoms with Crippen molar-refractivity contribution in [3.8, 4) is 0 Å². The highest BCUT2D eigenvalue weighted by Crippen LogP contribution is 2.11. The zero-order valence-corrected chi connectivity index (χ0v) is 13.2. The predicted molar refractivity (Wildman–Crippen MR) is 80.7 cm³/mol. The maximum absolute atomic E-state index is 11.8. The fraction of sp³-hybridized carbons (Fsp3) is 0.583. The Balaban J connectivity index is 2.55. The molecule has 0 spiro atoms.